The number of hydrogen-bond donors (Lipinski definition) is 2. The van der Waals surface area contributed by atoms with E-state index in [4.69, 9.17) is 5.73 Å². The molecule has 2 nitrogen and oxygen atoms in total. The van der Waals surface area contributed by atoms with E-state index in [9.17, 15) is 0 Å². The van der Waals surface area contributed by atoms with E-state index in [0.717, 1.165) is 6.54 Å². The summed E-state index contributed by atoms with van der Waals surface area (Å²) in [6.07, 6.45) is 4.21. The third kappa shape index (κ3) is 5.23. The maximum atomic E-state index is 5.71. The van der Waals surface area contributed by atoms with Crippen molar-refractivity contribution < 1.29 is 0 Å². The van der Waals surface area contributed by atoms with Crippen molar-refractivity contribution in [2.45, 2.75) is 33.6 Å². The molecule has 0 aromatic rings. The first-order chi connectivity index (χ1) is 6.72. The third-order valence-electron chi connectivity index (χ3n) is 2.81. The highest BCUT2D eigenvalue weighted by molar-refractivity contribution is 7.79. The van der Waals surface area contributed by atoms with Crippen LogP contribution in [0.15, 0.2) is 0 Å². The molecule has 0 aromatic heterocycles. The molecule has 0 saturated carbocycles. The summed E-state index contributed by atoms with van der Waals surface area (Å²) < 4.78 is 0. The van der Waals surface area contributed by atoms with Crippen LogP contribution in [0.1, 0.15) is 33.6 Å². The van der Waals surface area contributed by atoms with E-state index in [1.165, 1.54) is 25.9 Å². The van der Waals surface area contributed by atoms with Gasteiger partial charge in [-0.1, -0.05) is 20.8 Å². The Bertz CT molecular complexity index is 114. The normalized spacial score (nSPS) is 25.9. The van der Waals surface area contributed by atoms with Crippen molar-refractivity contribution in [1.29, 1.82) is 0 Å². The number of thiol groups is 1. The van der Waals surface area contributed by atoms with Gasteiger partial charge in [0, 0.05) is 6.54 Å². The van der Waals surface area contributed by atoms with E-state index >= 15 is 0 Å². The smallest absolute Gasteiger partial charge is 0.00474 e. The van der Waals surface area contributed by atoms with Gasteiger partial charge in [-0.3, -0.25) is 0 Å². The van der Waals surface area contributed by atoms with Crippen LogP contribution in [0.5, 0.6) is 0 Å². The predicted molar refractivity (Wildman–Crippen MR) is 70.2 cm³/mol. The first-order valence-corrected chi connectivity index (χ1v) is 6.45. The zero-order valence-electron chi connectivity index (χ0n) is 10.5. The molecule has 2 N–H and O–H groups in total. The molecule has 1 aliphatic heterocycles. The van der Waals surface area contributed by atoms with E-state index in [-0.39, 0.29) is 0 Å². The Morgan fingerprint density at radius 1 is 1.36 bits per heavy atom. The fourth-order valence-corrected chi connectivity index (χ4v) is 1.76. The Morgan fingerprint density at radius 2 is 1.86 bits per heavy atom. The summed E-state index contributed by atoms with van der Waals surface area (Å²) >= 11 is 3.53. The predicted octanol–water partition coefficient (Wildman–Crippen LogP) is 2.25. The number of likely N-dealkylation sites (tertiary alicyclic amines) is 1. The van der Waals surface area contributed by atoms with Gasteiger partial charge in [-0.05, 0) is 44.6 Å². The number of hydrogen-bond acceptors (Lipinski definition) is 3. The summed E-state index contributed by atoms with van der Waals surface area (Å²) in [5.74, 6) is 0. The molecule has 1 aliphatic rings. The van der Waals surface area contributed by atoms with Crippen molar-refractivity contribution in [2.75, 3.05) is 32.9 Å². The minimum atomic E-state index is 0.453. The van der Waals surface area contributed by atoms with E-state index in [1.807, 2.05) is 13.8 Å². The van der Waals surface area contributed by atoms with Crippen LogP contribution in [0, 0.1) is 5.41 Å². The van der Waals surface area contributed by atoms with Gasteiger partial charge < -0.3 is 10.6 Å². The largest absolute Gasteiger partial charge is 0.330 e. The molecule has 3 heteroatoms. The first kappa shape index (κ1) is 16.7. The van der Waals surface area contributed by atoms with Crippen LogP contribution in [0.25, 0.3) is 0 Å². The minimum absolute atomic E-state index is 0.453. The standard InChI is InChI=1S/C8H18N2.C2H6.CH4S/c1-3-8(6-9)4-5-10(2)7-8;2*1-2/h3-7,9H2,1-2H3;1-2H3;2H,1H3. The molecule has 0 aliphatic carbocycles. The van der Waals surface area contributed by atoms with E-state index < -0.39 is 0 Å². The highest BCUT2D eigenvalue weighted by Gasteiger charge is 2.33. The molecule has 0 aromatic carbocycles. The molecule has 0 spiro atoms. The molecule has 1 saturated heterocycles. The van der Waals surface area contributed by atoms with Gasteiger partial charge in [-0.25, -0.2) is 0 Å². The zero-order chi connectivity index (χ0) is 11.6. The Balaban J connectivity index is 0. The fourth-order valence-electron chi connectivity index (χ4n) is 1.76. The zero-order valence-corrected chi connectivity index (χ0v) is 11.4. The van der Waals surface area contributed by atoms with Crippen molar-refractivity contribution in [3.63, 3.8) is 0 Å². The van der Waals surface area contributed by atoms with Crippen LogP contribution in [0.4, 0.5) is 0 Å². The highest BCUT2D eigenvalue weighted by atomic mass is 32.1. The van der Waals surface area contributed by atoms with Gasteiger partial charge in [0.1, 0.15) is 0 Å². The van der Waals surface area contributed by atoms with Crippen molar-refractivity contribution in [1.82, 2.24) is 4.90 Å². The lowest BCUT2D eigenvalue weighted by Gasteiger charge is -2.24. The summed E-state index contributed by atoms with van der Waals surface area (Å²) in [4.78, 5) is 2.37. The van der Waals surface area contributed by atoms with E-state index in [1.54, 1.807) is 6.26 Å². The van der Waals surface area contributed by atoms with Gasteiger partial charge in [0.2, 0.25) is 0 Å². The van der Waals surface area contributed by atoms with Crippen LogP contribution in [0.2, 0.25) is 0 Å². The second-order valence-electron chi connectivity index (χ2n) is 3.55. The molecular weight excluding hydrogens is 192 g/mol. The molecule has 14 heavy (non-hydrogen) atoms. The molecule has 0 amide bonds. The molecule has 1 atom stereocenters. The quantitative estimate of drug-likeness (QED) is 0.699. The van der Waals surface area contributed by atoms with Gasteiger partial charge in [0.25, 0.3) is 0 Å². The van der Waals surface area contributed by atoms with Gasteiger partial charge in [-0.15, -0.1) is 0 Å². The second kappa shape index (κ2) is 9.81. The first-order valence-electron chi connectivity index (χ1n) is 5.56. The third-order valence-corrected chi connectivity index (χ3v) is 2.81. The molecular formula is C11H28N2S. The molecule has 1 rings (SSSR count). The molecule has 0 radical (unpaired) electrons. The Labute approximate surface area is 95.6 Å². The highest BCUT2D eigenvalue weighted by Crippen LogP contribution is 2.31. The summed E-state index contributed by atoms with van der Waals surface area (Å²) in [7, 11) is 2.17. The summed E-state index contributed by atoms with van der Waals surface area (Å²) in [6, 6.07) is 0. The molecule has 88 valence electrons. The van der Waals surface area contributed by atoms with Crippen molar-refractivity contribution in [3.05, 3.63) is 0 Å². The summed E-state index contributed by atoms with van der Waals surface area (Å²) in [6.45, 7) is 9.52. The molecule has 0 bridgehead atoms. The van der Waals surface area contributed by atoms with Crippen LogP contribution in [-0.4, -0.2) is 37.8 Å². The monoisotopic (exact) mass is 220 g/mol. The Hall–Kier alpha value is 0.270. The van der Waals surface area contributed by atoms with Crippen LogP contribution >= 0.6 is 12.6 Å². The van der Waals surface area contributed by atoms with E-state index in [0.29, 0.717) is 5.41 Å². The van der Waals surface area contributed by atoms with Crippen LogP contribution < -0.4 is 5.73 Å². The fraction of sp³-hybridized carbons (Fsp3) is 1.00. The van der Waals surface area contributed by atoms with Crippen LogP contribution in [0.3, 0.4) is 0 Å². The van der Waals surface area contributed by atoms with Gasteiger partial charge in [0.05, 0.1) is 0 Å². The Morgan fingerprint density at radius 3 is 2.00 bits per heavy atom. The molecule has 1 unspecified atom stereocenters. The molecule has 1 fully saturated rings. The van der Waals surface area contributed by atoms with Crippen molar-refractivity contribution >= 4 is 12.6 Å². The lowest BCUT2D eigenvalue weighted by Crippen LogP contribution is -2.32. The SMILES string of the molecule is CC.CCC1(CN)CCN(C)C1.CS. The average molecular weight is 220 g/mol. The van der Waals surface area contributed by atoms with Crippen molar-refractivity contribution in [3.8, 4) is 0 Å². The maximum absolute atomic E-state index is 5.71. The topological polar surface area (TPSA) is 29.3 Å². The Kier molecular flexibility index (Phi) is 11.7. The second-order valence-corrected chi connectivity index (χ2v) is 3.55. The van der Waals surface area contributed by atoms with Crippen molar-refractivity contribution in [2.24, 2.45) is 11.1 Å². The lowest BCUT2D eigenvalue weighted by atomic mass is 9.85. The lowest BCUT2D eigenvalue weighted by molar-refractivity contribution is 0.280. The number of nitrogens with two attached hydrogens (primary N) is 1. The van der Waals surface area contributed by atoms with Gasteiger partial charge in [0.15, 0.2) is 0 Å². The number of rotatable bonds is 2. The molecule has 1 heterocycles. The van der Waals surface area contributed by atoms with E-state index in [2.05, 4.69) is 31.5 Å². The summed E-state index contributed by atoms with van der Waals surface area (Å²) in [5.41, 5.74) is 6.17. The number of nitrogens with zero attached hydrogens (tertiary/aromatic N) is 1. The van der Waals surface area contributed by atoms with Gasteiger partial charge >= 0.3 is 0 Å². The average Bonchev–Trinajstić information content (AvgIpc) is 2.67. The maximum Gasteiger partial charge on any atom is 0.00474 e. The minimum Gasteiger partial charge on any atom is -0.330 e. The van der Waals surface area contributed by atoms with Gasteiger partial charge in [-0.2, -0.15) is 12.6 Å². The summed E-state index contributed by atoms with van der Waals surface area (Å²) in [5, 5.41) is 0. The van der Waals surface area contributed by atoms with Crippen LogP contribution in [-0.2, 0) is 0 Å².